The maximum Gasteiger partial charge on any atom is 0.329 e. The Hall–Kier alpha value is -4.84. The van der Waals surface area contributed by atoms with Crippen LogP contribution in [0.3, 0.4) is 0 Å². The third kappa shape index (κ3) is 11.4. The second kappa shape index (κ2) is 21.7. The van der Waals surface area contributed by atoms with Gasteiger partial charge in [-0.3, -0.25) is 14.7 Å². The highest BCUT2D eigenvalue weighted by atomic mass is 35.5. The second-order valence-electron chi connectivity index (χ2n) is 21.3. The van der Waals surface area contributed by atoms with E-state index in [0.717, 1.165) is 113 Å². The Bertz CT molecular complexity index is 2410. The van der Waals surface area contributed by atoms with Crippen LogP contribution in [0.15, 0.2) is 79.0 Å². The van der Waals surface area contributed by atoms with E-state index in [4.69, 9.17) is 35.5 Å². The molecule has 2 aliphatic heterocycles. The molecule has 1 unspecified atom stereocenters. The number of amides is 1. The topological polar surface area (TPSA) is 123 Å². The van der Waals surface area contributed by atoms with Crippen LogP contribution in [0.1, 0.15) is 118 Å². The molecule has 5 aliphatic rings. The third-order valence-corrected chi connectivity index (χ3v) is 16.7. The van der Waals surface area contributed by atoms with E-state index >= 15 is 0 Å². The number of aromatic nitrogens is 1. The molecule has 0 radical (unpaired) electrons. The molecule has 3 heterocycles. The summed E-state index contributed by atoms with van der Waals surface area (Å²) in [6.07, 6.45) is 13.6. The van der Waals surface area contributed by atoms with E-state index in [1.165, 1.54) is 35.2 Å². The summed E-state index contributed by atoms with van der Waals surface area (Å²) in [4.78, 5) is 35.4. The van der Waals surface area contributed by atoms with Crippen LogP contribution >= 0.6 is 11.6 Å². The number of aryl methyl sites for hydroxylation is 1. The molecule has 3 aromatic carbocycles. The van der Waals surface area contributed by atoms with Gasteiger partial charge in [-0.1, -0.05) is 49.7 Å². The fraction of sp³-hybridized carbons (Fsp3) is 0.561. The van der Waals surface area contributed by atoms with E-state index in [2.05, 4.69) is 54.4 Å². The first-order valence-corrected chi connectivity index (χ1v) is 26.2. The van der Waals surface area contributed by atoms with Crippen LogP contribution in [0.25, 0.3) is 0 Å². The molecule has 69 heavy (non-hydrogen) atoms. The summed E-state index contributed by atoms with van der Waals surface area (Å²) in [5.41, 5.74) is 6.06. The number of nitrogens with zero attached hydrogens (tertiary/aromatic N) is 3. The molecular weight excluding hydrogens is 888 g/mol. The lowest BCUT2D eigenvalue weighted by Crippen LogP contribution is -2.59. The fourth-order valence-corrected chi connectivity index (χ4v) is 12.6. The van der Waals surface area contributed by atoms with Crippen molar-refractivity contribution in [2.24, 2.45) is 17.3 Å². The Morgan fingerprint density at radius 1 is 0.957 bits per heavy atom. The van der Waals surface area contributed by atoms with Gasteiger partial charge in [0.25, 0.3) is 0 Å². The average molecular weight is 962 g/mol. The molecule has 0 bridgehead atoms. The molecule has 12 heteroatoms. The van der Waals surface area contributed by atoms with Crippen LogP contribution in [0.2, 0.25) is 5.02 Å². The minimum atomic E-state index is -1.11. The van der Waals surface area contributed by atoms with E-state index in [9.17, 15) is 14.7 Å². The van der Waals surface area contributed by atoms with Gasteiger partial charge in [-0.05, 0) is 172 Å². The first-order chi connectivity index (χ1) is 33.4. The third-order valence-electron chi connectivity index (χ3n) is 16.5. The minimum Gasteiger partial charge on any atom is -0.494 e. The number of pyridine rings is 1. The van der Waals surface area contributed by atoms with Gasteiger partial charge in [-0.2, -0.15) is 0 Å². The van der Waals surface area contributed by atoms with Crippen molar-refractivity contribution >= 4 is 29.2 Å². The van der Waals surface area contributed by atoms with E-state index in [1.807, 2.05) is 48.5 Å². The van der Waals surface area contributed by atoms with Crippen molar-refractivity contribution in [3.63, 3.8) is 0 Å². The number of aliphatic carboxylic acids is 1. The monoisotopic (exact) mass is 961 g/mol. The summed E-state index contributed by atoms with van der Waals surface area (Å²) in [5, 5.41) is 14.8. The minimum absolute atomic E-state index is 0.102. The maximum absolute atomic E-state index is 13.3. The number of benzene rings is 3. The highest BCUT2D eigenvalue weighted by molar-refractivity contribution is 6.30. The number of carbonyl (C=O) groups excluding carboxylic acids is 1. The number of hydrogen-bond donors (Lipinski definition) is 2. The highest BCUT2D eigenvalue weighted by Gasteiger charge is 2.54. The van der Waals surface area contributed by atoms with E-state index in [0.29, 0.717) is 74.3 Å². The number of rotatable bonds is 20. The van der Waals surface area contributed by atoms with Gasteiger partial charge < -0.3 is 34.3 Å². The molecule has 2 spiro atoms. The molecule has 370 valence electrons. The Labute approximate surface area is 414 Å². The van der Waals surface area contributed by atoms with Crippen molar-refractivity contribution in [2.75, 3.05) is 71.6 Å². The van der Waals surface area contributed by atoms with E-state index in [-0.39, 0.29) is 17.2 Å². The molecule has 1 saturated carbocycles. The predicted molar refractivity (Wildman–Crippen MR) is 271 cm³/mol. The number of ether oxygens (including phenoxy) is 4. The quantitative estimate of drug-likeness (QED) is 0.0828. The molecule has 4 aromatic rings. The molecule has 3 aliphatic carbocycles. The van der Waals surface area contributed by atoms with E-state index < -0.39 is 11.5 Å². The zero-order valence-electron chi connectivity index (χ0n) is 41.1. The summed E-state index contributed by atoms with van der Waals surface area (Å²) < 4.78 is 24.8. The lowest BCUT2D eigenvalue weighted by atomic mass is 9.59. The first-order valence-electron chi connectivity index (χ1n) is 25.8. The number of carbonyl (C=O) groups is 2. The van der Waals surface area contributed by atoms with Crippen LogP contribution < -0.4 is 19.5 Å². The zero-order valence-corrected chi connectivity index (χ0v) is 41.9. The fourth-order valence-electron chi connectivity index (χ4n) is 12.5. The van der Waals surface area contributed by atoms with Crippen LogP contribution in [-0.2, 0) is 39.0 Å². The Morgan fingerprint density at radius 2 is 1.74 bits per heavy atom. The second-order valence-corrected chi connectivity index (χ2v) is 21.8. The Balaban J connectivity index is 0.789. The smallest absolute Gasteiger partial charge is 0.329 e. The molecule has 9 rings (SSSR count). The van der Waals surface area contributed by atoms with Crippen molar-refractivity contribution in [2.45, 2.75) is 121 Å². The molecule has 1 amide bonds. The molecule has 1 aromatic heterocycles. The number of likely N-dealkylation sites (N-methyl/N-ethyl adjacent to an activating group) is 1. The lowest BCUT2D eigenvalue weighted by molar-refractivity contribution is -0.144. The van der Waals surface area contributed by atoms with Gasteiger partial charge in [0.05, 0.1) is 13.2 Å². The van der Waals surface area contributed by atoms with Crippen molar-refractivity contribution in [1.82, 2.24) is 14.8 Å². The van der Waals surface area contributed by atoms with Crippen molar-refractivity contribution in [3.05, 3.63) is 112 Å². The molecule has 3 atom stereocenters. The van der Waals surface area contributed by atoms with Crippen molar-refractivity contribution < 1.29 is 33.6 Å². The highest BCUT2D eigenvalue weighted by Crippen LogP contribution is 2.57. The summed E-state index contributed by atoms with van der Waals surface area (Å²) in [7, 11) is 1.88. The summed E-state index contributed by atoms with van der Waals surface area (Å²) in [6.45, 7) is 11.9. The van der Waals surface area contributed by atoms with Gasteiger partial charge in [0.15, 0.2) is 0 Å². The number of halogens is 1. The number of hydrogen-bond acceptors (Lipinski definition) is 9. The number of carboxylic acids is 1. The summed E-state index contributed by atoms with van der Waals surface area (Å²) in [5.74, 6) is 2.94. The van der Waals surface area contributed by atoms with Gasteiger partial charge in [0, 0.05) is 86.4 Å². The zero-order chi connectivity index (χ0) is 48.0. The standard InChI is InChI=1S/C57H73ClN4O7/c1-40(37-69-51-17-25-59-50-13-4-8-41(2)53(50)51)32-44-34-43-15-16-48(36-49(43)56(44)19-21-57(22-20-56,54(64)65)60-46-11-6-10-45(58)35-46)67-28-7-14-52(63)61(3)26-18-42-9-5-12-47(33-42)68-31-27-62-38-55(39-62)23-29-66-30-24-55/h5-6,9-12,15-17,25,33,35-36,40-41,44,60H,4,7-8,13-14,18-24,26-32,34,37-39H2,1-3H3,(H,64,65)/t40-,41-,44?,56?,57?/m1/s1. The molecule has 3 fully saturated rings. The van der Waals surface area contributed by atoms with Gasteiger partial charge in [0.1, 0.15) is 29.4 Å². The van der Waals surface area contributed by atoms with Crippen LogP contribution in [0.5, 0.6) is 17.2 Å². The maximum atomic E-state index is 13.3. The SMILES string of the molecule is C[C@@H](COc1ccnc2c1[C@H](C)CCC2)CC1Cc2ccc(OCCCC(=O)N(C)CCc3cccc(OCCN4CC5(CCOCC5)C4)c3)cc2C12CCC(Nc1cccc(Cl)c1)(C(=O)O)CC2. The Kier molecular flexibility index (Phi) is 15.4. The summed E-state index contributed by atoms with van der Waals surface area (Å²) in [6, 6.07) is 24.1. The number of likely N-dealkylation sites (tertiary alicyclic amines) is 1. The van der Waals surface area contributed by atoms with Gasteiger partial charge in [-0.25, -0.2) is 4.79 Å². The largest absolute Gasteiger partial charge is 0.494 e. The first kappa shape index (κ1) is 49.2. The van der Waals surface area contributed by atoms with Crippen LogP contribution in [0.4, 0.5) is 5.69 Å². The molecular formula is C57H73ClN4O7. The normalized spacial score (nSPS) is 24.2. The van der Waals surface area contributed by atoms with Crippen molar-refractivity contribution in [1.29, 1.82) is 0 Å². The molecule has 11 nitrogen and oxygen atoms in total. The van der Waals surface area contributed by atoms with Gasteiger partial charge >= 0.3 is 5.97 Å². The van der Waals surface area contributed by atoms with Crippen molar-refractivity contribution in [3.8, 4) is 17.2 Å². The van der Waals surface area contributed by atoms with Crippen LogP contribution in [0, 0.1) is 17.3 Å². The average Bonchev–Trinajstić information content (AvgIpc) is 3.62. The number of anilines is 1. The lowest BCUT2D eigenvalue weighted by Gasteiger charge is -2.52. The predicted octanol–water partition coefficient (Wildman–Crippen LogP) is 10.6. The molecule has 2 saturated heterocycles. The van der Waals surface area contributed by atoms with E-state index in [1.54, 1.807) is 12.1 Å². The van der Waals surface area contributed by atoms with Gasteiger partial charge in [0.2, 0.25) is 5.91 Å². The Morgan fingerprint density at radius 3 is 2.54 bits per heavy atom. The van der Waals surface area contributed by atoms with Crippen LogP contribution in [-0.4, -0.2) is 104 Å². The summed E-state index contributed by atoms with van der Waals surface area (Å²) >= 11 is 6.34. The van der Waals surface area contributed by atoms with Gasteiger partial charge in [-0.15, -0.1) is 0 Å². The number of nitrogens with one attached hydrogen (secondary N) is 1. The number of carboxylic acid groups (broad SMARTS) is 1. The number of fused-ring (bicyclic) bond motifs is 3. The molecule has 2 N–H and O–H groups in total.